The average molecular weight is 718 g/mol. The molecule has 0 atom stereocenters. The van der Waals surface area contributed by atoms with Crippen molar-refractivity contribution in [3.63, 3.8) is 0 Å². The van der Waals surface area contributed by atoms with E-state index >= 15 is 0 Å². The summed E-state index contributed by atoms with van der Waals surface area (Å²) in [7, 11) is 0. The number of aromatic nitrogens is 3. The Kier molecular flexibility index (Phi) is 7.42. The topological polar surface area (TPSA) is 65.0 Å². The highest BCUT2D eigenvalue weighted by Gasteiger charge is 2.21. The van der Waals surface area contributed by atoms with Crippen LogP contribution in [0.4, 0.5) is 0 Å². The number of hydrogen-bond acceptors (Lipinski definition) is 5. The Labute approximate surface area is 322 Å². The lowest BCUT2D eigenvalue weighted by molar-refractivity contribution is 0.665. The summed E-state index contributed by atoms with van der Waals surface area (Å²) >= 11 is 0. The third-order valence-corrected chi connectivity index (χ3v) is 10.6. The molecule has 56 heavy (non-hydrogen) atoms. The van der Waals surface area contributed by atoms with E-state index in [-0.39, 0.29) is 0 Å². The first-order valence-electron chi connectivity index (χ1n) is 18.7. The highest BCUT2D eigenvalue weighted by molar-refractivity contribution is 6.18. The fourth-order valence-electron chi connectivity index (χ4n) is 7.92. The molecular weight excluding hydrogens is 687 g/mol. The fourth-order valence-corrected chi connectivity index (χ4v) is 7.92. The van der Waals surface area contributed by atoms with Crippen LogP contribution in [0, 0.1) is 0 Å². The molecule has 0 saturated heterocycles. The van der Waals surface area contributed by atoms with Crippen LogP contribution in [0.5, 0.6) is 0 Å². The molecule has 0 fully saturated rings. The summed E-state index contributed by atoms with van der Waals surface area (Å²) in [5, 5.41) is 4.34. The lowest BCUT2D eigenvalue weighted by Gasteiger charge is -2.12. The molecule has 0 saturated carbocycles. The first-order chi connectivity index (χ1) is 27.7. The highest BCUT2D eigenvalue weighted by atomic mass is 16.3. The molecule has 262 valence electrons. The first-order valence-corrected chi connectivity index (χ1v) is 18.7. The molecule has 0 unspecified atom stereocenters. The minimum Gasteiger partial charge on any atom is -0.455 e. The predicted molar refractivity (Wildman–Crippen MR) is 227 cm³/mol. The van der Waals surface area contributed by atoms with Gasteiger partial charge in [-0.1, -0.05) is 133 Å². The van der Waals surface area contributed by atoms with E-state index in [1.807, 2.05) is 67.0 Å². The smallest absolute Gasteiger partial charge is 0.160 e. The molecule has 0 aliphatic carbocycles. The van der Waals surface area contributed by atoms with Crippen molar-refractivity contribution < 1.29 is 8.83 Å². The minimum absolute atomic E-state index is 0.679. The number of para-hydroxylation sites is 3. The largest absolute Gasteiger partial charge is 0.455 e. The molecule has 0 spiro atoms. The van der Waals surface area contributed by atoms with Crippen LogP contribution in [0.2, 0.25) is 0 Å². The summed E-state index contributed by atoms with van der Waals surface area (Å²) < 4.78 is 13.2. The molecule has 4 aromatic heterocycles. The third-order valence-electron chi connectivity index (χ3n) is 10.6. The van der Waals surface area contributed by atoms with Crippen LogP contribution in [0.15, 0.2) is 197 Å². The maximum absolute atomic E-state index is 6.70. The summed E-state index contributed by atoms with van der Waals surface area (Å²) in [6, 6.07) is 60.6. The second-order valence-electron chi connectivity index (χ2n) is 14.0. The van der Waals surface area contributed by atoms with Crippen LogP contribution >= 0.6 is 0 Å². The van der Waals surface area contributed by atoms with Gasteiger partial charge in [0, 0.05) is 61.8 Å². The van der Waals surface area contributed by atoms with Gasteiger partial charge in [0.25, 0.3) is 0 Å². The molecule has 0 aliphatic rings. The van der Waals surface area contributed by atoms with Crippen LogP contribution in [0.25, 0.3) is 111 Å². The molecular formula is C51H31N3O2. The second-order valence-corrected chi connectivity index (χ2v) is 14.0. The van der Waals surface area contributed by atoms with Gasteiger partial charge in [-0.2, -0.15) is 0 Å². The molecule has 7 aromatic carbocycles. The average Bonchev–Trinajstić information content (AvgIpc) is 3.86. The van der Waals surface area contributed by atoms with Gasteiger partial charge in [-0.25, -0.2) is 9.97 Å². The Morgan fingerprint density at radius 3 is 1.75 bits per heavy atom. The van der Waals surface area contributed by atoms with Crippen molar-refractivity contribution in [1.82, 2.24) is 15.0 Å². The maximum Gasteiger partial charge on any atom is 0.160 e. The van der Waals surface area contributed by atoms with Gasteiger partial charge < -0.3 is 8.83 Å². The number of rotatable bonds is 6. The molecule has 5 nitrogen and oxygen atoms in total. The Balaban J connectivity index is 1.04. The Morgan fingerprint density at radius 2 is 0.929 bits per heavy atom. The second kappa shape index (κ2) is 13.0. The molecule has 0 N–H and O–H groups in total. The van der Waals surface area contributed by atoms with Gasteiger partial charge in [0.05, 0.1) is 11.4 Å². The van der Waals surface area contributed by atoms with Crippen molar-refractivity contribution in [2.45, 2.75) is 0 Å². The van der Waals surface area contributed by atoms with Crippen LogP contribution in [-0.4, -0.2) is 15.0 Å². The Hall–Kier alpha value is -7.63. The fraction of sp³-hybridized carbons (Fsp3) is 0. The molecule has 0 aliphatic heterocycles. The molecule has 4 heterocycles. The first kappa shape index (κ1) is 31.9. The monoisotopic (exact) mass is 717 g/mol. The summed E-state index contributed by atoms with van der Waals surface area (Å²) in [6.45, 7) is 0. The molecule has 5 heteroatoms. The van der Waals surface area contributed by atoms with Crippen molar-refractivity contribution in [2.24, 2.45) is 0 Å². The number of nitrogens with zero attached hydrogens (tertiary/aromatic N) is 3. The normalized spacial score (nSPS) is 11.6. The van der Waals surface area contributed by atoms with Crippen molar-refractivity contribution in [1.29, 1.82) is 0 Å². The summed E-state index contributed by atoms with van der Waals surface area (Å²) in [6.07, 6.45) is 3.64. The molecule has 11 rings (SSSR count). The van der Waals surface area contributed by atoms with Crippen LogP contribution in [-0.2, 0) is 0 Å². The quantitative estimate of drug-likeness (QED) is 0.171. The van der Waals surface area contributed by atoms with E-state index in [0.717, 1.165) is 105 Å². The van der Waals surface area contributed by atoms with Crippen molar-refractivity contribution >= 4 is 43.9 Å². The zero-order valence-electron chi connectivity index (χ0n) is 30.1. The number of fused-ring (bicyclic) bond motifs is 6. The Morgan fingerprint density at radius 1 is 0.339 bits per heavy atom. The molecule has 11 aromatic rings. The van der Waals surface area contributed by atoms with Gasteiger partial charge in [-0.3, -0.25) is 4.98 Å². The van der Waals surface area contributed by atoms with Gasteiger partial charge in [-0.15, -0.1) is 0 Å². The summed E-state index contributed by atoms with van der Waals surface area (Å²) in [4.78, 5) is 14.4. The van der Waals surface area contributed by atoms with Crippen molar-refractivity contribution in [3.05, 3.63) is 188 Å². The standard InChI is InChI=1S/C51H31N3O2/c1-2-10-35(11-3-1)51-53-44(31-45(54-51)37-13-8-12-36(30-37)32-26-28-52-29-27-32)34-22-20-33(21-23-34)38-24-25-42(50-48(38)43-15-5-7-19-47(43)56-50)41-17-9-16-40-39-14-4-6-18-46(39)55-49(40)41/h1-31H. The number of furan rings is 2. The molecule has 0 bridgehead atoms. The number of benzene rings is 7. The predicted octanol–water partition coefficient (Wildman–Crippen LogP) is 13.7. The van der Waals surface area contributed by atoms with Gasteiger partial charge in [0.1, 0.15) is 22.3 Å². The van der Waals surface area contributed by atoms with Crippen molar-refractivity contribution in [2.75, 3.05) is 0 Å². The van der Waals surface area contributed by atoms with E-state index in [2.05, 4.69) is 126 Å². The highest BCUT2D eigenvalue weighted by Crippen LogP contribution is 2.45. The van der Waals surface area contributed by atoms with E-state index in [0.29, 0.717) is 5.82 Å². The SMILES string of the molecule is c1ccc(-c2nc(-c3ccc(-c4ccc(-c5cccc6c5oc5ccccc56)c5oc6ccccc6c45)cc3)cc(-c3cccc(-c4ccncc4)c3)n2)cc1. The van der Waals surface area contributed by atoms with Crippen molar-refractivity contribution in [3.8, 4) is 67.3 Å². The maximum atomic E-state index is 6.70. The lowest BCUT2D eigenvalue weighted by atomic mass is 9.93. The van der Waals surface area contributed by atoms with Gasteiger partial charge in [-0.05, 0) is 64.7 Å². The van der Waals surface area contributed by atoms with E-state index in [4.69, 9.17) is 18.8 Å². The van der Waals surface area contributed by atoms with Gasteiger partial charge in [0.15, 0.2) is 5.82 Å². The molecule has 0 amide bonds. The zero-order valence-corrected chi connectivity index (χ0v) is 30.1. The van der Waals surface area contributed by atoms with E-state index in [1.165, 1.54) is 0 Å². The number of hydrogen-bond donors (Lipinski definition) is 0. The zero-order chi connectivity index (χ0) is 37.0. The van der Waals surface area contributed by atoms with Crippen LogP contribution < -0.4 is 0 Å². The summed E-state index contributed by atoms with van der Waals surface area (Å²) in [5.41, 5.74) is 14.5. The molecule has 0 radical (unpaired) electrons. The van der Waals surface area contributed by atoms with E-state index < -0.39 is 0 Å². The van der Waals surface area contributed by atoms with E-state index in [1.54, 1.807) is 0 Å². The Bertz CT molecular complexity index is 3240. The number of pyridine rings is 1. The van der Waals surface area contributed by atoms with Crippen LogP contribution in [0.3, 0.4) is 0 Å². The van der Waals surface area contributed by atoms with Gasteiger partial charge >= 0.3 is 0 Å². The van der Waals surface area contributed by atoms with E-state index in [9.17, 15) is 0 Å². The minimum atomic E-state index is 0.679. The van der Waals surface area contributed by atoms with Gasteiger partial charge in [0.2, 0.25) is 0 Å². The third kappa shape index (κ3) is 5.37. The lowest BCUT2D eigenvalue weighted by Crippen LogP contribution is -1.96. The van der Waals surface area contributed by atoms with Crippen LogP contribution in [0.1, 0.15) is 0 Å². The summed E-state index contributed by atoms with van der Waals surface area (Å²) in [5.74, 6) is 0.679.